The van der Waals surface area contributed by atoms with Gasteiger partial charge >= 0.3 is 0 Å². The molecule has 29 heavy (non-hydrogen) atoms. The van der Waals surface area contributed by atoms with Crippen molar-refractivity contribution in [2.24, 2.45) is 0 Å². The maximum atomic E-state index is 13.4. The monoisotopic (exact) mass is 394 g/mol. The van der Waals surface area contributed by atoms with Crippen LogP contribution in [0.2, 0.25) is 0 Å². The Morgan fingerprint density at radius 3 is 2.31 bits per heavy atom. The summed E-state index contributed by atoms with van der Waals surface area (Å²) in [6.45, 7) is 1.60. The van der Waals surface area contributed by atoms with Crippen molar-refractivity contribution in [3.63, 3.8) is 0 Å². The highest BCUT2D eigenvalue weighted by molar-refractivity contribution is 6.35. The molecule has 0 bridgehead atoms. The van der Waals surface area contributed by atoms with Gasteiger partial charge in [0.25, 0.3) is 11.8 Å². The molecule has 0 N–H and O–H groups in total. The molecule has 5 nitrogen and oxygen atoms in total. The number of imide groups is 1. The third kappa shape index (κ3) is 3.62. The van der Waals surface area contributed by atoms with Crippen LogP contribution in [0, 0.1) is 5.82 Å². The van der Waals surface area contributed by atoms with Crippen LogP contribution in [0.5, 0.6) is 5.75 Å². The van der Waals surface area contributed by atoms with Crippen molar-refractivity contribution in [1.82, 2.24) is 9.80 Å². The Hall–Kier alpha value is -3.15. The second-order valence-electron chi connectivity index (χ2n) is 7.29. The number of hydrogen-bond acceptors (Lipinski definition) is 4. The summed E-state index contributed by atoms with van der Waals surface area (Å²) >= 11 is 0. The smallest absolute Gasteiger partial charge is 0.278 e. The molecular formula is C23H23FN2O3. The molecule has 1 saturated heterocycles. The lowest BCUT2D eigenvalue weighted by atomic mass is 10.0. The number of methoxy groups -OCH3 is 1. The van der Waals surface area contributed by atoms with E-state index in [0.29, 0.717) is 22.6 Å². The number of ether oxygens (including phenoxy) is 1. The van der Waals surface area contributed by atoms with Crippen molar-refractivity contribution in [2.45, 2.75) is 25.8 Å². The summed E-state index contributed by atoms with van der Waals surface area (Å²) in [6.07, 6.45) is 3.07. The maximum absolute atomic E-state index is 13.4. The molecule has 0 radical (unpaired) electrons. The second kappa shape index (κ2) is 8.07. The van der Waals surface area contributed by atoms with Crippen LogP contribution in [0.15, 0.2) is 54.2 Å². The molecule has 0 aliphatic carbocycles. The summed E-state index contributed by atoms with van der Waals surface area (Å²) in [4.78, 5) is 30.0. The number of benzene rings is 2. The number of carbonyl (C=O) groups is 2. The SMILES string of the molecule is COc1ccccc1CN1C(=O)C(c2ccc(F)cc2)=C(N2CCCCC2)C1=O. The fourth-order valence-corrected chi connectivity index (χ4v) is 4.00. The fraction of sp³-hybridized carbons (Fsp3) is 0.304. The Morgan fingerprint density at radius 2 is 1.62 bits per heavy atom. The zero-order valence-corrected chi connectivity index (χ0v) is 16.4. The molecule has 150 valence electrons. The summed E-state index contributed by atoms with van der Waals surface area (Å²) < 4.78 is 18.8. The number of amides is 2. The summed E-state index contributed by atoms with van der Waals surface area (Å²) in [6, 6.07) is 13.1. The van der Waals surface area contributed by atoms with E-state index in [1.54, 1.807) is 25.3 Å². The summed E-state index contributed by atoms with van der Waals surface area (Å²) in [5, 5.41) is 0. The van der Waals surface area contributed by atoms with Gasteiger partial charge < -0.3 is 9.64 Å². The second-order valence-corrected chi connectivity index (χ2v) is 7.29. The number of hydrogen-bond donors (Lipinski definition) is 0. The molecule has 0 unspecified atom stereocenters. The van der Waals surface area contributed by atoms with Crippen molar-refractivity contribution in [3.05, 3.63) is 71.2 Å². The first-order chi connectivity index (χ1) is 14.1. The minimum atomic E-state index is -0.378. The van der Waals surface area contributed by atoms with E-state index >= 15 is 0 Å². The van der Waals surface area contributed by atoms with Gasteiger partial charge in [-0.25, -0.2) is 4.39 Å². The lowest BCUT2D eigenvalue weighted by molar-refractivity contribution is -0.138. The van der Waals surface area contributed by atoms with Gasteiger partial charge in [0.2, 0.25) is 0 Å². The third-order valence-electron chi connectivity index (χ3n) is 5.47. The first kappa shape index (κ1) is 19.2. The number of likely N-dealkylation sites (tertiary alicyclic amines) is 1. The van der Waals surface area contributed by atoms with Gasteiger partial charge in [-0.05, 0) is 43.0 Å². The predicted molar refractivity (Wildman–Crippen MR) is 107 cm³/mol. The molecule has 2 heterocycles. The zero-order chi connectivity index (χ0) is 20.4. The standard InChI is InChI=1S/C23H23FN2O3/c1-29-19-8-4-3-7-17(19)15-26-22(27)20(16-9-11-18(24)12-10-16)21(23(26)28)25-13-5-2-6-14-25/h3-4,7-12H,2,5-6,13-15H2,1H3. The zero-order valence-electron chi connectivity index (χ0n) is 16.4. The maximum Gasteiger partial charge on any atom is 0.278 e. The molecule has 2 aromatic rings. The molecule has 2 aliphatic rings. The molecule has 0 spiro atoms. The predicted octanol–water partition coefficient (Wildman–Crippen LogP) is 3.60. The lowest BCUT2D eigenvalue weighted by Gasteiger charge is -2.29. The highest BCUT2D eigenvalue weighted by Gasteiger charge is 2.42. The van der Waals surface area contributed by atoms with Crippen molar-refractivity contribution in [1.29, 1.82) is 0 Å². The van der Waals surface area contributed by atoms with E-state index < -0.39 is 0 Å². The van der Waals surface area contributed by atoms with Crippen LogP contribution in [-0.4, -0.2) is 41.8 Å². The van der Waals surface area contributed by atoms with E-state index in [1.165, 1.54) is 17.0 Å². The molecule has 1 fully saturated rings. The quantitative estimate of drug-likeness (QED) is 0.727. The van der Waals surface area contributed by atoms with Gasteiger partial charge in [-0.15, -0.1) is 0 Å². The number of piperidine rings is 1. The largest absolute Gasteiger partial charge is 0.496 e. The fourth-order valence-electron chi connectivity index (χ4n) is 4.00. The van der Waals surface area contributed by atoms with E-state index in [9.17, 15) is 14.0 Å². The normalized spacial score (nSPS) is 17.3. The van der Waals surface area contributed by atoms with Gasteiger partial charge in [0.15, 0.2) is 0 Å². The molecule has 2 aliphatic heterocycles. The van der Waals surface area contributed by atoms with Gasteiger partial charge in [-0.1, -0.05) is 30.3 Å². The van der Waals surface area contributed by atoms with Crippen molar-refractivity contribution in [3.8, 4) is 5.75 Å². The number of nitrogens with zero attached hydrogens (tertiary/aromatic N) is 2. The van der Waals surface area contributed by atoms with Crippen LogP contribution in [0.1, 0.15) is 30.4 Å². The van der Waals surface area contributed by atoms with E-state index in [4.69, 9.17) is 4.74 Å². The van der Waals surface area contributed by atoms with Crippen LogP contribution in [0.3, 0.4) is 0 Å². The van der Waals surface area contributed by atoms with Crippen LogP contribution in [-0.2, 0) is 16.1 Å². The highest BCUT2D eigenvalue weighted by Crippen LogP contribution is 2.34. The molecule has 2 aromatic carbocycles. The minimum absolute atomic E-state index is 0.129. The van der Waals surface area contributed by atoms with Crippen LogP contribution >= 0.6 is 0 Å². The molecule has 6 heteroatoms. The molecule has 0 atom stereocenters. The Kier molecular flexibility index (Phi) is 5.34. The van der Waals surface area contributed by atoms with E-state index in [-0.39, 0.29) is 24.2 Å². The number of para-hydroxylation sites is 1. The topological polar surface area (TPSA) is 49.9 Å². The molecule has 2 amide bonds. The van der Waals surface area contributed by atoms with E-state index in [2.05, 4.69) is 0 Å². The minimum Gasteiger partial charge on any atom is -0.496 e. The Balaban J connectivity index is 1.74. The van der Waals surface area contributed by atoms with Gasteiger partial charge in [0.1, 0.15) is 17.3 Å². The van der Waals surface area contributed by atoms with Crippen LogP contribution < -0.4 is 4.74 Å². The van der Waals surface area contributed by atoms with Crippen molar-refractivity contribution >= 4 is 17.4 Å². The van der Waals surface area contributed by atoms with Crippen molar-refractivity contribution in [2.75, 3.05) is 20.2 Å². The summed E-state index contributed by atoms with van der Waals surface area (Å²) in [7, 11) is 1.56. The average Bonchev–Trinajstić information content (AvgIpc) is 3.00. The highest BCUT2D eigenvalue weighted by atomic mass is 19.1. The van der Waals surface area contributed by atoms with Gasteiger partial charge in [-0.2, -0.15) is 0 Å². The van der Waals surface area contributed by atoms with Gasteiger partial charge in [0.05, 0.1) is 19.2 Å². The number of carbonyl (C=O) groups excluding carboxylic acids is 2. The first-order valence-corrected chi connectivity index (χ1v) is 9.83. The Morgan fingerprint density at radius 1 is 0.931 bits per heavy atom. The molecule has 4 rings (SSSR count). The summed E-state index contributed by atoms with van der Waals surface area (Å²) in [5.41, 5.74) is 2.10. The summed E-state index contributed by atoms with van der Waals surface area (Å²) in [5.74, 6) is -0.408. The van der Waals surface area contributed by atoms with Gasteiger partial charge in [0, 0.05) is 18.7 Å². The Bertz CT molecular complexity index is 962. The molecule has 0 aromatic heterocycles. The number of rotatable bonds is 5. The molecular weight excluding hydrogens is 371 g/mol. The average molecular weight is 394 g/mol. The van der Waals surface area contributed by atoms with Gasteiger partial charge in [-0.3, -0.25) is 14.5 Å². The lowest BCUT2D eigenvalue weighted by Crippen LogP contribution is -2.37. The molecule has 0 saturated carbocycles. The third-order valence-corrected chi connectivity index (χ3v) is 5.47. The van der Waals surface area contributed by atoms with Crippen LogP contribution in [0.25, 0.3) is 5.57 Å². The van der Waals surface area contributed by atoms with Crippen LogP contribution in [0.4, 0.5) is 4.39 Å². The first-order valence-electron chi connectivity index (χ1n) is 9.83. The number of halogens is 1. The Labute approximate surface area is 169 Å². The van der Waals surface area contributed by atoms with Crippen molar-refractivity contribution < 1.29 is 18.7 Å². The van der Waals surface area contributed by atoms with E-state index in [0.717, 1.165) is 37.9 Å². The van der Waals surface area contributed by atoms with E-state index in [1.807, 2.05) is 23.1 Å².